The smallest absolute Gasteiger partial charge is 0.208 e. The number of carbonyl (C=O) groups excluding carboxylic acids is 2. The van der Waals surface area contributed by atoms with Crippen LogP contribution in [-0.4, -0.2) is 33.0 Å². The zero-order valence-electron chi connectivity index (χ0n) is 12.9. The van der Waals surface area contributed by atoms with Crippen molar-refractivity contribution < 1.29 is 9.59 Å². The van der Waals surface area contributed by atoms with Crippen molar-refractivity contribution in [2.75, 3.05) is 6.26 Å². The molecule has 0 saturated heterocycles. The Bertz CT molecular complexity index is 803. The first-order valence-corrected chi connectivity index (χ1v) is 9.45. The normalized spacial score (nSPS) is 14.0. The fraction of sp³-hybridized carbons (Fsp3) is 0.375. The van der Waals surface area contributed by atoms with Gasteiger partial charge in [-0.2, -0.15) is 0 Å². The van der Waals surface area contributed by atoms with Gasteiger partial charge in [-0.1, -0.05) is 35.0 Å². The summed E-state index contributed by atoms with van der Waals surface area (Å²) in [6, 6.07) is 3.20. The van der Waals surface area contributed by atoms with Crippen LogP contribution in [0.15, 0.2) is 17.3 Å². The lowest BCUT2D eigenvalue weighted by Gasteiger charge is -2.11. The highest BCUT2D eigenvalue weighted by Gasteiger charge is 2.31. The summed E-state index contributed by atoms with van der Waals surface area (Å²) in [5.74, 6) is 0.413. The summed E-state index contributed by atoms with van der Waals surface area (Å²) in [7, 11) is 0. The second-order valence-electron chi connectivity index (χ2n) is 5.67. The number of halogens is 2. The van der Waals surface area contributed by atoms with Crippen LogP contribution in [0.1, 0.15) is 41.0 Å². The molecule has 1 aliphatic carbocycles. The van der Waals surface area contributed by atoms with Crippen molar-refractivity contribution in [1.29, 1.82) is 0 Å². The number of H-pyrrole nitrogens is 1. The Labute approximate surface area is 153 Å². The van der Waals surface area contributed by atoms with Gasteiger partial charge >= 0.3 is 0 Å². The SMILES string of the molecule is CSc1n[nH]c(Cc2c(C(=O)CC(=O)C3CC3)ccc(Cl)c2Cl)n1. The Morgan fingerprint density at radius 2 is 2.08 bits per heavy atom. The van der Waals surface area contributed by atoms with Gasteiger partial charge in [-0.25, -0.2) is 4.98 Å². The maximum Gasteiger partial charge on any atom is 0.208 e. The van der Waals surface area contributed by atoms with E-state index in [4.69, 9.17) is 23.2 Å². The third kappa shape index (κ3) is 3.82. The first kappa shape index (κ1) is 17.5. The summed E-state index contributed by atoms with van der Waals surface area (Å²) in [5, 5.41) is 8.16. The number of aromatic amines is 1. The predicted molar refractivity (Wildman–Crippen MR) is 94.1 cm³/mol. The maximum absolute atomic E-state index is 12.6. The molecular weight excluding hydrogens is 369 g/mol. The second-order valence-corrected chi connectivity index (χ2v) is 7.23. The van der Waals surface area contributed by atoms with Crippen LogP contribution in [0.5, 0.6) is 0 Å². The van der Waals surface area contributed by atoms with Gasteiger partial charge in [-0.15, -0.1) is 5.10 Å². The molecule has 1 fully saturated rings. The van der Waals surface area contributed by atoms with E-state index in [9.17, 15) is 9.59 Å². The van der Waals surface area contributed by atoms with Gasteiger partial charge < -0.3 is 0 Å². The second kappa shape index (κ2) is 7.25. The van der Waals surface area contributed by atoms with Gasteiger partial charge in [0, 0.05) is 17.9 Å². The van der Waals surface area contributed by atoms with Crippen molar-refractivity contribution in [3.05, 3.63) is 39.1 Å². The summed E-state index contributed by atoms with van der Waals surface area (Å²) in [6.07, 6.45) is 3.84. The Morgan fingerprint density at radius 1 is 1.33 bits per heavy atom. The minimum Gasteiger partial charge on any atom is -0.299 e. The lowest BCUT2D eigenvalue weighted by atomic mass is 9.97. The van der Waals surface area contributed by atoms with Gasteiger partial charge in [-0.05, 0) is 36.8 Å². The van der Waals surface area contributed by atoms with Crippen LogP contribution in [-0.2, 0) is 11.2 Å². The van der Waals surface area contributed by atoms with Crippen molar-refractivity contribution >= 4 is 46.5 Å². The molecular formula is C16H15Cl2N3O2S. The molecule has 1 N–H and O–H groups in total. The van der Waals surface area contributed by atoms with E-state index in [2.05, 4.69) is 15.2 Å². The molecule has 0 atom stereocenters. The van der Waals surface area contributed by atoms with E-state index in [1.165, 1.54) is 11.8 Å². The molecule has 2 aromatic rings. The van der Waals surface area contributed by atoms with Crippen LogP contribution in [0, 0.1) is 5.92 Å². The highest BCUT2D eigenvalue weighted by Crippen LogP contribution is 2.33. The van der Waals surface area contributed by atoms with E-state index in [1.54, 1.807) is 12.1 Å². The number of rotatable bonds is 7. The molecule has 0 spiro atoms. The first-order chi connectivity index (χ1) is 11.5. The summed E-state index contributed by atoms with van der Waals surface area (Å²) in [6.45, 7) is 0. The Morgan fingerprint density at radius 3 is 2.71 bits per heavy atom. The Hall–Kier alpha value is -1.37. The van der Waals surface area contributed by atoms with E-state index in [0.717, 1.165) is 12.8 Å². The third-order valence-corrected chi connectivity index (χ3v) is 5.29. The summed E-state index contributed by atoms with van der Waals surface area (Å²) >= 11 is 13.8. The largest absolute Gasteiger partial charge is 0.299 e. The standard InChI is InChI=1S/C16H15Cl2N3O2S/c1-24-16-19-14(20-21-16)6-10-9(4-5-11(17)15(10)18)13(23)7-12(22)8-2-3-8/h4-5,8H,2-3,6-7H2,1H3,(H,19,20,21). The number of nitrogens with zero attached hydrogens (tertiary/aromatic N) is 2. The Balaban J connectivity index is 1.89. The van der Waals surface area contributed by atoms with E-state index >= 15 is 0 Å². The van der Waals surface area contributed by atoms with Gasteiger partial charge in [0.1, 0.15) is 11.6 Å². The zero-order chi connectivity index (χ0) is 17.3. The van der Waals surface area contributed by atoms with Crippen molar-refractivity contribution in [3.63, 3.8) is 0 Å². The molecule has 8 heteroatoms. The number of Topliss-reactive ketones (excluding diaryl/α,β-unsaturated/α-hetero) is 2. The van der Waals surface area contributed by atoms with Crippen LogP contribution < -0.4 is 0 Å². The lowest BCUT2D eigenvalue weighted by molar-refractivity contribution is -0.119. The highest BCUT2D eigenvalue weighted by atomic mass is 35.5. The fourth-order valence-electron chi connectivity index (χ4n) is 2.45. The number of carbonyl (C=O) groups is 2. The zero-order valence-corrected chi connectivity index (χ0v) is 15.3. The molecule has 1 aliphatic rings. The first-order valence-electron chi connectivity index (χ1n) is 7.47. The fourth-order valence-corrected chi connectivity index (χ4v) is 3.19. The third-order valence-electron chi connectivity index (χ3n) is 3.90. The number of nitrogens with one attached hydrogen (secondary N) is 1. The van der Waals surface area contributed by atoms with Crippen molar-refractivity contribution in [3.8, 4) is 0 Å². The number of hydrogen-bond acceptors (Lipinski definition) is 5. The van der Waals surface area contributed by atoms with Gasteiger partial charge in [0.25, 0.3) is 0 Å². The molecule has 5 nitrogen and oxygen atoms in total. The maximum atomic E-state index is 12.6. The molecule has 0 radical (unpaired) electrons. The molecule has 3 rings (SSSR count). The molecule has 0 aliphatic heterocycles. The van der Waals surface area contributed by atoms with Crippen molar-refractivity contribution in [2.24, 2.45) is 5.92 Å². The summed E-state index contributed by atoms with van der Waals surface area (Å²) < 4.78 is 0. The molecule has 1 aromatic carbocycles. The number of thioether (sulfide) groups is 1. The average molecular weight is 384 g/mol. The molecule has 1 heterocycles. The van der Waals surface area contributed by atoms with Crippen LogP contribution >= 0.6 is 35.0 Å². The average Bonchev–Trinajstić information content (AvgIpc) is 3.32. The molecule has 0 unspecified atom stereocenters. The van der Waals surface area contributed by atoms with Gasteiger partial charge in [0.05, 0.1) is 16.5 Å². The predicted octanol–water partition coefficient (Wildman–Crippen LogP) is 3.98. The van der Waals surface area contributed by atoms with E-state index in [-0.39, 0.29) is 23.9 Å². The molecule has 1 saturated carbocycles. The quantitative estimate of drug-likeness (QED) is 0.444. The van der Waals surface area contributed by atoms with Gasteiger partial charge in [-0.3, -0.25) is 14.7 Å². The molecule has 126 valence electrons. The van der Waals surface area contributed by atoms with Crippen molar-refractivity contribution in [2.45, 2.75) is 30.8 Å². The number of hydrogen-bond donors (Lipinski definition) is 1. The molecule has 1 aromatic heterocycles. The van der Waals surface area contributed by atoms with Gasteiger partial charge in [0.2, 0.25) is 5.16 Å². The number of benzene rings is 1. The molecule has 24 heavy (non-hydrogen) atoms. The van der Waals surface area contributed by atoms with Gasteiger partial charge in [0.15, 0.2) is 5.78 Å². The topological polar surface area (TPSA) is 75.7 Å². The Kier molecular flexibility index (Phi) is 5.27. The van der Waals surface area contributed by atoms with Crippen LogP contribution in [0.2, 0.25) is 10.0 Å². The van der Waals surface area contributed by atoms with Crippen LogP contribution in [0.25, 0.3) is 0 Å². The van der Waals surface area contributed by atoms with E-state index in [1.807, 2.05) is 6.26 Å². The van der Waals surface area contributed by atoms with Crippen LogP contribution in [0.4, 0.5) is 0 Å². The molecule has 0 amide bonds. The monoisotopic (exact) mass is 383 g/mol. The van der Waals surface area contributed by atoms with Crippen LogP contribution in [0.3, 0.4) is 0 Å². The number of aromatic nitrogens is 3. The summed E-state index contributed by atoms with van der Waals surface area (Å²) in [4.78, 5) is 28.8. The minimum atomic E-state index is -0.231. The van der Waals surface area contributed by atoms with Crippen molar-refractivity contribution in [1.82, 2.24) is 15.2 Å². The summed E-state index contributed by atoms with van der Waals surface area (Å²) in [5.41, 5.74) is 0.988. The van der Waals surface area contributed by atoms with E-state index < -0.39 is 0 Å². The lowest BCUT2D eigenvalue weighted by Crippen LogP contribution is -2.12. The number of ketones is 2. The minimum absolute atomic E-state index is 0.00126. The van der Waals surface area contributed by atoms with E-state index in [0.29, 0.717) is 38.6 Å². The molecule has 0 bridgehead atoms. The highest BCUT2D eigenvalue weighted by molar-refractivity contribution is 7.98.